The van der Waals surface area contributed by atoms with Gasteiger partial charge in [0, 0.05) is 13.0 Å². The minimum Gasteiger partial charge on any atom is -0.459 e. The van der Waals surface area contributed by atoms with Gasteiger partial charge in [0.15, 0.2) is 17.7 Å². The predicted octanol–water partition coefficient (Wildman–Crippen LogP) is 1.57. The molecule has 3 rings (SSSR count). The first-order chi connectivity index (χ1) is 18.0. The van der Waals surface area contributed by atoms with Crippen molar-refractivity contribution in [1.29, 1.82) is 0 Å². The monoisotopic (exact) mass is 550 g/mol. The van der Waals surface area contributed by atoms with E-state index in [1.807, 2.05) is 13.8 Å². The Bertz CT molecular complexity index is 1250. The number of ketones is 1. The summed E-state index contributed by atoms with van der Waals surface area (Å²) in [5.74, 6) is -3.16. The minimum atomic E-state index is -4.25. The number of benzene rings is 1. The molecule has 1 saturated heterocycles. The van der Waals surface area contributed by atoms with Crippen LogP contribution < -0.4 is 16.0 Å². The summed E-state index contributed by atoms with van der Waals surface area (Å²) in [6.45, 7) is 3.19. The summed E-state index contributed by atoms with van der Waals surface area (Å²) < 4.78 is 45.9. The molecule has 2 atom stereocenters. The molecule has 0 spiro atoms. The summed E-state index contributed by atoms with van der Waals surface area (Å²) in [5, 5.41) is 7.44. The molecule has 38 heavy (non-hydrogen) atoms. The highest BCUT2D eigenvalue weighted by atomic mass is 32.2. The van der Waals surface area contributed by atoms with E-state index in [9.17, 15) is 32.0 Å². The SMILES string of the molecule is CC(C)CC(NC(=O)CNC(=O)c1ccco1)C(=O)N[C@@H]1C(=O)CCCCN1S(=O)(=O)c1ccc(F)cc1. The molecule has 3 amide bonds. The van der Waals surface area contributed by atoms with Crippen LogP contribution in [0, 0.1) is 11.7 Å². The highest BCUT2D eigenvalue weighted by Gasteiger charge is 2.39. The van der Waals surface area contributed by atoms with Crippen LogP contribution in [0.2, 0.25) is 0 Å². The molecule has 13 heteroatoms. The molecule has 0 radical (unpaired) electrons. The van der Waals surface area contributed by atoms with E-state index < -0.39 is 58.1 Å². The number of halogens is 1. The number of furan rings is 1. The average molecular weight is 551 g/mol. The molecule has 0 aliphatic carbocycles. The second-order valence-corrected chi connectivity index (χ2v) is 11.2. The maximum absolute atomic E-state index is 13.4. The number of carbonyl (C=O) groups is 4. The molecular formula is C25H31FN4O7S. The summed E-state index contributed by atoms with van der Waals surface area (Å²) >= 11 is 0. The van der Waals surface area contributed by atoms with Crippen LogP contribution in [-0.4, -0.2) is 61.5 Å². The highest BCUT2D eigenvalue weighted by Crippen LogP contribution is 2.23. The van der Waals surface area contributed by atoms with Gasteiger partial charge >= 0.3 is 0 Å². The zero-order valence-corrected chi connectivity index (χ0v) is 21.9. The highest BCUT2D eigenvalue weighted by molar-refractivity contribution is 7.89. The van der Waals surface area contributed by atoms with Gasteiger partial charge in [-0.2, -0.15) is 4.31 Å². The molecule has 1 aromatic carbocycles. The van der Waals surface area contributed by atoms with E-state index >= 15 is 0 Å². The van der Waals surface area contributed by atoms with Gasteiger partial charge in [0.05, 0.1) is 17.7 Å². The van der Waals surface area contributed by atoms with Crippen LogP contribution in [0.3, 0.4) is 0 Å². The fraction of sp³-hybridized carbons (Fsp3) is 0.440. The van der Waals surface area contributed by atoms with Gasteiger partial charge in [0.1, 0.15) is 11.9 Å². The molecule has 1 unspecified atom stereocenters. The van der Waals surface area contributed by atoms with Crippen molar-refractivity contribution in [2.24, 2.45) is 5.92 Å². The van der Waals surface area contributed by atoms with Crippen molar-refractivity contribution in [2.75, 3.05) is 13.1 Å². The van der Waals surface area contributed by atoms with E-state index in [2.05, 4.69) is 16.0 Å². The van der Waals surface area contributed by atoms with E-state index in [4.69, 9.17) is 4.42 Å². The molecule has 1 aliphatic heterocycles. The Morgan fingerprint density at radius 3 is 2.47 bits per heavy atom. The summed E-state index contributed by atoms with van der Waals surface area (Å²) in [6, 6.07) is 6.03. The molecule has 3 N–H and O–H groups in total. The first kappa shape index (κ1) is 29.0. The second kappa shape index (κ2) is 12.8. The summed E-state index contributed by atoms with van der Waals surface area (Å²) in [7, 11) is -4.25. The topological polar surface area (TPSA) is 155 Å². The Kier molecular flexibility index (Phi) is 9.75. The molecule has 206 valence electrons. The lowest BCUT2D eigenvalue weighted by atomic mass is 10.0. The van der Waals surface area contributed by atoms with Gasteiger partial charge in [-0.25, -0.2) is 12.8 Å². The number of amides is 3. The van der Waals surface area contributed by atoms with Crippen LogP contribution in [0.15, 0.2) is 52.0 Å². The second-order valence-electron chi connectivity index (χ2n) is 9.31. The third-order valence-electron chi connectivity index (χ3n) is 5.86. The third kappa shape index (κ3) is 7.48. The van der Waals surface area contributed by atoms with Crippen LogP contribution in [0.5, 0.6) is 0 Å². The van der Waals surface area contributed by atoms with Gasteiger partial charge in [0.2, 0.25) is 21.8 Å². The molecule has 2 heterocycles. The van der Waals surface area contributed by atoms with Crippen molar-refractivity contribution in [1.82, 2.24) is 20.3 Å². The standard InChI is InChI=1S/C25H31FN4O7S/c1-16(2)14-19(28-22(32)15-27-25(34)21-7-5-13-37-21)24(33)29-23-20(31)6-3-4-12-30(23)38(35,36)18-10-8-17(26)9-11-18/h5,7-11,13,16,19,23H,3-4,6,12,14-15H2,1-2H3,(H,27,34)(H,28,32)(H,29,33)/t19?,23-/m0/s1. The van der Waals surface area contributed by atoms with Crippen LogP contribution in [0.1, 0.15) is 50.1 Å². The van der Waals surface area contributed by atoms with E-state index in [0.29, 0.717) is 12.8 Å². The number of Topliss-reactive ketones (excluding diaryl/α,β-unsaturated/α-hetero) is 1. The van der Waals surface area contributed by atoms with E-state index in [0.717, 1.165) is 28.6 Å². The van der Waals surface area contributed by atoms with Gasteiger partial charge < -0.3 is 20.4 Å². The molecule has 11 nitrogen and oxygen atoms in total. The molecule has 0 bridgehead atoms. The maximum Gasteiger partial charge on any atom is 0.287 e. The average Bonchev–Trinajstić information content (AvgIpc) is 3.34. The first-order valence-electron chi connectivity index (χ1n) is 12.2. The van der Waals surface area contributed by atoms with Crippen molar-refractivity contribution >= 4 is 33.5 Å². The lowest BCUT2D eigenvalue weighted by Gasteiger charge is -2.30. The largest absolute Gasteiger partial charge is 0.459 e. The molecule has 1 aliphatic rings. The fourth-order valence-corrected chi connectivity index (χ4v) is 5.55. The van der Waals surface area contributed by atoms with E-state index in [-0.39, 0.29) is 36.0 Å². The Morgan fingerprint density at radius 2 is 1.84 bits per heavy atom. The predicted molar refractivity (Wildman–Crippen MR) is 134 cm³/mol. The maximum atomic E-state index is 13.4. The molecule has 1 aromatic heterocycles. The number of hydrogen-bond acceptors (Lipinski definition) is 7. The van der Waals surface area contributed by atoms with Gasteiger partial charge in [-0.05, 0) is 61.6 Å². The van der Waals surface area contributed by atoms with Gasteiger partial charge in [-0.15, -0.1) is 0 Å². The smallest absolute Gasteiger partial charge is 0.287 e. The van der Waals surface area contributed by atoms with Crippen LogP contribution in [0.4, 0.5) is 4.39 Å². The van der Waals surface area contributed by atoms with Crippen LogP contribution in [0.25, 0.3) is 0 Å². The third-order valence-corrected chi connectivity index (χ3v) is 7.74. The molecule has 2 aromatic rings. The number of nitrogens with zero attached hydrogens (tertiary/aromatic N) is 1. The van der Waals surface area contributed by atoms with Crippen molar-refractivity contribution in [3.63, 3.8) is 0 Å². The Labute approximate surface area is 220 Å². The number of sulfonamides is 1. The molecule has 1 fully saturated rings. The van der Waals surface area contributed by atoms with Crippen LogP contribution >= 0.6 is 0 Å². The molecular weight excluding hydrogens is 519 g/mol. The Morgan fingerprint density at radius 1 is 1.13 bits per heavy atom. The van der Waals surface area contributed by atoms with Crippen molar-refractivity contribution < 1.29 is 36.4 Å². The van der Waals surface area contributed by atoms with Crippen molar-refractivity contribution in [2.45, 2.75) is 56.6 Å². The van der Waals surface area contributed by atoms with Crippen molar-refractivity contribution in [3.8, 4) is 0 Å². The number of nitrogens with one attached hydrogen (secondary N) is 3. The zero-order valence-electron chi connectivity index (χ0n) is 21.1. The van der Waals surface area contributed by atoms with Gasteiger partial charge in [-0.3, -0.25) is 19.2 Å². The zero-order chi connectivity index (χ0) is 27.9. The van der Waals surface area contributed by atoms with E-state index in [1.165, 1.54) is 18.4 Å². The first-order valence-corrected chi connectivity index (χ1v) is 13.6. The normalized spacial score (nSPS) is 17.5. The van der Waals surface area contributed by atoms with Crippen molar-refractivity contribution in [3.05, 3.63) is 54.2 Å². The number of carbonyl (C=O) groups excluding carboxylic acids is 4. The van der Waals surface area contributed by atoms with Crippen LogP contribution in [-0.2, 0) is 24.4 Å². The Hall–Kier alpha value is -3.58. The lowest BCUT2D eigenvalue weighted by molar-refractivity contribution is -0.133. The quantitative estimate of drug-likeness (QED) is 0.406. The molecule has 0 saturated carbocycles. The van der Waals surface area contributed by atoms with Gasteiger partial charge in [-0.1, -0.05) is 13.8 Å². The summed E-state index contributed by atoms with van der Waals surface area (Å²) in [6.07, 6.45) is 0.884. The van der Waals surface area contributed by atoms with E-state index in [1.54, 1.807) is 0 Å². The fourth-order valence-electron chi connectivity index (χ4n) is 3.99. The summed E-state index contributed by atoms with van der Waals surface area (Å²) in [4.78, 5) is 50.5. The van der Waals surface area contributed by atoms with Gasteiger partial charge in [0.25, 0.3) is 5.91 Å². The Balaban J connectivity index is 1.75. The number of rotatable bonds is 10. The lowest BCUT2D eigenvalue weighted by Crippen LogP contribution is -2.59. The number of hydrogen-bond donors (Lipinski definition) is 3. The summed E-state index contributed by atoms with van der Waals surface area (Å²) in [5.41, 5.74) is 0. The minimum absolute atomic E-state index is 0.0172.